The van der Waals surface area contributed by atoms with Gasteiger partial charge in [0.25, 0.3) is 0 Å². The molecule has 1 aliphatic rings. The Balaban J connectivity index is 1.98. The maximum Gasteiger partial charge on any atom is 0.0844 e. The highest BCUT2D eigenvalue weighted by atomic mass is 16.6. The molecule has 1 unspecified atom stereocenters. The highest BCUT2D eigenvalue weighted by Gasteiger charge is 2.19. The fraction of sp³-hybridized carbons (Fsp3) is 0.667. The summed E-state index contributed by atoms with van der Waals surface area (Å²) in [6.45, 7) is 3.01. The third-order valence-corrected chi connectivity index (χ3v) is 1.04. The predicted octanol–water partition coefficient (Wildman–Crippen LogP) is 1.35. The minimum atomic E-state index is 0.566. The average molecular weight is 98.1 g/mol. The van der Waals surface area contributed by atoms with Crippen LogP contribution in [0.5, 0.6) is 0 Å². The second-order valence-electron chi connectivity index (χ2n) is 1.76. The highest BCUT2D eigenvalue weighted by molar-refractivity contribution is 4.84. The summed E-state index contributed by atoms with van der Waals surface area (Å²) in [4.78, 5) is 0. The van der Waals surface area contributed by atoms with E-state index in [4.69, 9.17) is 4.74 Å². The first-order valence-electron chi connectivity index (χ1n) is 2.66. The third-order valence-electron chi connectivity index (χ3n) is 1.04. The van der Waals surface area contributed by atoms with Crippen molar-refractivity contribution >= 4 is 0 Å². The quantitative estimate of drug-likeness (QED) is 0.375. The zero-order valence-electron chi connectivity index (χ0n) is 4.55. The van der Waals surface area contributed by atoms with Gasteiger partial charge in [0.05, 0.1) is 12.7 Å². The molecule has 0 spiro atoms. The van der Waals surface area contributed by atoms with Crippen LogP contribution in [0.4, 0.5) is 0 Å². The molecule has 0 amide bonds. The molecule has 40 valence electrons. The first-order chi connectivity index (χ1) is 3.43. The minimum Gasteiger partial charge on any atom is -0.373 e. The molecule has 0 radical (unpaired) electrons. The molecule has 1 saturated heterocycles. The van der Waals surface area contributed by atoms with Gasteiger partial charge in [-0.05, 0) is 13.3 Å². The molecule has 0 N–H and O–H groups in total. The normalized spacial score (nSPS) is 29.0. The van der Waals surface area contributed by atoms with Crippen LogP contribution in [0.3, 0.4) is 0 Å². The Morgan fingerprint density at radius 3 is 3.00 bits per heavy atom. The lowest BCUT2D eigenvalue weighted by molar-refractivity contribution is 0.410. The van der Waals surface area contributed by atoms with Gasteiger partial charge in [0.2, 0.25) is 0 Å². The van der Waals surface area contributed by atoms with Gasteiger partial charge in [-0.25, -0.2) is 0 Å². The fourth-order valence-electron chi connectivity index (χ4n) is 0.492. The molecular weight excluding hydrogens is 88.1 g/mol. The van der Waals surface area contributed by atoms with Gasteiger partial charge >= 0.3 is 0 Å². The lowest BCUT2D eigenvalue weighted by Crippen LogP contribution is -1.76. The predicted molar refractivity (Wildman–Crippen MR) is 29.2 cm³/mol. The largest absolute Gasteiger partial charge is 0.373 e. The maximum absolute atomic E-state index is 4.96. The van der Waals surface area contributed by atoms with E-state index in [1.54, 1.807) is 0 Å². The van der Waals surface area contributed by atoms with Crippen LogP contribution in [0, 0.1) is 0 Å². The van der Waals surface area contributed by atoms with E-state index in [1.165, 1.54) is 0 Å². The summed E-state index contributed by atoms with van der Waals surface area (Å²) in [6.07, 6.45) is 5.87. The Morgan fingerprint density at radius 1 is 1.86 bits per heavy atom. The maximum atomic E-state index is 4.96. The Kier molecular flexibility index (Phi) is 1.47. The third kappa shape index (κ3) is 1.74. The summed E-state index contributed by atoms with van der Waals surface area (Å²) in [7, 11) is 0. The summed E-state index contributed by atoms with van der Waals surface area (Å²) < 4.78 is 4.96. The van der Waals surface area contributed by atoms with E-state index in [1.807, 2.05) is 6.92 Å². The van der Waals surface area contributed by atoms with Crippen LogP contribution >= 0.6 is 0 Å². The lowest BCUT2D eigenvalue weighted by Gasteiger charge is -1.77. The second-order valence-corrected chi connectivity index (χ2v) is 1.76. The van der Waals surface area contributed by atoms with Crippen LogP contribution in [-0.2, 0) is 4.74 Å². The molecule has 0 bridgehead atoms. The Bertz CT molecular complexity index is 72.2. The van der Waals surface area contributed by atoms with E-state index in [-0.39, 0.29) is 0 Å². The zero-order chi connectivity index (χ0) is 5.11. The van der Waals surface area contributed by atoms with E-state index in [9.17, 15) is 0 Å². The molecule has 1 rings (SSSR count). The molecule has 0 saturated carbocycles. The molecule has 1 heteroatoms. The molecule has 1 aliphatic heterocycles. The molecule has 1 nitrogen and oxygen atoms in total. The Morgan fingerprint density at radius 2 is 2.57 bits per heavy atom. The lowest BCUT2D eigenvalue weighted by atomic mass is 10.3. The van der Waals surface area contributed by atoms with Crippen molar-refractivity contribution in [2.75, 3.05) is 6.61 Å². The summed E-state index contributed by atoms with van der Waals surface area (Å²) in [5, 5.41) is 0. The van der Waals surface area contributed by atoms with Crippen LogP contribution in [0.1, 0.15) is 13.3 Å². The first-order valence-corrected chi connectivity index (χ1v) is 2.66. The smallest absolute Gasteiger partial charge is 0.0844 e. The molecule has 1 fully saturated rings. The highest BCUT2D eigenvalue weighted by Crippen LogP contribution is 2.12. The standard InChI is InChI=1S/C6H10O/c1-2-3-4-6-5-7-6/h2-3,6H,4-5H2,1H3/b3-2+. The van der Waals surface area contributed by atoms with Crippen molar-refractivity contribution < 1.29 is 4.74 Å². The van der Waals surface area contributed by atoms with E-state index in [0.29, 0.717) is 6.10 Å². The Hall–Kier alpha value is -0.300. The van der Waals surface area contributed by atoms with Gasteiger partial charge in [-0.3, -0.25) is 0 Å². The number of hydrogen-bond donors (Lipinski definition) is 0. The van der Waals surface area contributed by atoms with E-state index >= 15 is 0 Å². The number of rotatable bonds is 2. The molecule has 1 atom stereocenters. The van der Waals surface area contributed by atoms with Gasteiger partial charge in [0, 0.05) is 0 Å². The van der Waals surface area contributed by atoms with Gasteiger partial charge in [-0.2, -0.15) is 0 Å². The van der Waals surface area contributed by atoms with Crippen LogP contribution in [0.25, 0.3) is 0 Å². The number of allylic oxidation sites excluding steroid dienone is 1. The van der Waals surface area contributed by atoms with Crippen molar-refractivity contribution in [1.82, 2.24) is 0 Å². The fourth-order valence-corrected chi connectivity index (χ4v) is 0.492. The van der Waals surface area contributed by atoms with Crippen LogP contribution < -0.4 is 0 Å². The average Bonchev–Trinajstić information content (AvgIpc) is 2.42. The summed E-state index contributed by atoms with van der Waals surface area (Å²) >= 11 is 0. The van der Waals surface area contributed by atoms with Crippen molar-refractivity contribution in [1.29, 1.82) is 0 Å². The summed E-state index contributed by atoms with van der Waals surface area (Å²) in [5.74, 6) is 0. The van der Waals surface area contributed by atoms with Crippen LogP contribution in [0.15, 0.2) is 12.2 Å². The summed E-state index contributed by atoms with van der Waals surface area (Å²) in [5.41, 5.74) is 0. The zero-order valence-corrected chi connectivity index (χ0v) is 4.55. The molecule has 1 heterocycles. The van der Waals surface area contributed by atoms with Gasteiger partial charge in [-0.1, -0.05) is 12.2 Å². The van der Waals surface area contributed by atoms with Crippen molar-refractivity contribution in [2.45, 2.75) is 19.4 Å². The van der Waals surface area contributed by atoms with Gasteiger partial charge in [-0.15, -0.1) is 0 Å². The van der Waals surface area contributed by atoms with Crippen molar-refractivity contribution in [3.05, 3.63) is 12.2 Å². The molecular formula is C6H10O. The van der Waals surface area contributed by atoms with Crippen LogP contribution in [0.2, 0.25) is 0 Å². The number of hydrogen-bond acceptors (Lipinski definition) is 1. The summed E-state index contributed by atoms with van der Waals surface area (Å²) in [6, 6.07) is 0. The second kappa shape index (κ2) is 2.12. The molecule has 0 aromatic rings. The number of epoxide rings is 1. The van der Waals surface area contributed by atoms with Gasteiger partial charge in [0.15, 0.2) is 0 Å². The Labute approximate surface area is 44.0 Å². The van der Waals surface area contributed by atoms with Gasteiger partial charge < -0.3 is 4.74 Å². The van der Waals surface area contributed by atoms with E-state index in [2.05, 4.69) is 12.2 Å². The van der Waals surface area contributed by atoms with Crippen molar-refractivity contribution in [2.24, 2.45) is 0 Å². The number of ether oxygens (including phenoxy) is 1. The van der Waals surface area contributed by atoms with Crippen LogP contribution in [-0.4, -0.2) is 12.7 Å². The minimum absolute atomic E-state index is 0.566. The first kappa shape index (κ1) is 4.85. The van der Waals surface area contributed by atoms with Gasteiger partial charge in [0.1, 0.15) is 0 Å². The van der Waals surface area contributed by atoms with Crippen molar-refractivity contribution in [3.63, 3.8) is 0 Å². The monoisotopic (exact) mass is 98.1 g/mol. The molecule has 0 aromatic carbocycles. The SMILES string of the molecule is C/C=C/CC1CO1. The molecule has 0 aliphatic carbocycles. The molecule has 0 aromatic heterocycles. The van der Waals surface area contributed by atoms with E-state index < -0.39 is 0 Å². The topological polar surface area (TPSA) is 12.5 Å². The molecule has 7 heavy (non-hydrogen) atoms. The van der Waals surface area contributed by atoms with Crippen molar-refractivity contribution in [3.8, 4) is 0 Å². The van der Waals surface area contributed by atoms with E-state index in [0.717, 1.165) is 13.0 Å².